The van der Waals surface area contributed by atoms with Gasteiger partial charge >= 0.3 is 0 Å². The number of allylic oxidation sites excluding steroid dienone is 3. The van der Waals surface area contributed by atoms with Gasteiger partial charge in [0, 0.05) is 20.6 Å². The predicted octanol–water partition coefficient (Wildman–Crippen LogP) is 6.83. The summed E-state index contributed by atoms with van der Waals surface area (Å²) >= 11 is 0. The Kier molecular flexibility index (Phi) is 3.20. The zero-order valence-electron chi connectivity index (χ0n) is 24.6. The summed E-state index contributed by atoms with van der Waals surface area (Å²) in [5.41, 5.74) is 4.10. The van der Waals surface area contributed by atoms with E-state index < -0.39 is 25.9 Å². The molecule has 1 aromatic heterocycles. The van der Waals surface area contributed by atoms with E-state index in [1.807, 2.05) is 18.5 Å². The van der Waals surface area contributed by atoms with Gasteiger partial charge in [-0.3, -0.25) is 4.98 Å². The molecule has 0 aliphatic heterocycles. The van der Waals surface area contributed by atoms with Crippen molar-refractivity contribution in [2.24, 2.45) is 28.6 Å². The van der Waals surface area contributed by atoms with Gasteiger partial charge < -0.3 is 4.74 Å². The fourth-order valence-corrected chi connectivity index (χ4v) is 7.43. The van der Waals surface area contributed by atoms with E-state index in [0.717, 1.165) is 32.1 Å². The van der Waals surface area contributed by atoms with Crippen molar-refractivity contribution in [1.82, 2.24) is 4.98 Å². The molecule has 0 spiro atoms. The predicted molar refractivity (Wildman–Crippen MR) is 119 cm³/mol. The number of rotatable bonds is 3. The summed E-state index contributed by atoms with van der Waals surface area (Å²) in [4.78, 5) is 4.36. The molecule has 0 N–H and O–H groups in total. The lowest BCUT2D eigenvalue weighted by atomic mass is 9.47. The van der Waals surface area contributed by atoms with Crippen LogP contribution in [0.15, 0.2) is 42.3 Å². The first kappa shape index (κ1) is 13.1. The molecule has 2 saturated carbocycles. The largest absolute Gasteiger partial charge is 0.375 e. The van der Waals surface area contributed by atoms with Gasteiger partial charge in [0.15, 0.2) is 0 Å². The Labute approximate surface area is 186 Å². The third-order valence-electron chi connectivity index (χ3n) is 8.90. The average molecular weight is 399 g/mol. The third kappa shape index (κ3) is 3.05. The lowest BCUT2D eigenvalue weighted by Gasteiger charge is -2.58. The van der Waals surface area contributed by atoms with Crippen LogP contribution in [0.3, 0.4) is 0 Å². The van der Waals surface area contributed by atoms with Crippen LogP contribution in [0.5, 0.6) is 0 Å². The van der Waals surface area contributed by atoms with Gasteiger partial charge in [-0.2, -0.15) is 0 Å². The molecule has 2 fully saturated rings. The Bertz CT molecular complexity index is 1050. The smallest absolute Gasteiger partial charge is 0.0616 e. The average Bonchev–Trinajstić information content (AvgIpc) is 3.15. The quantitative estimate of drug-likeness (QED) is 0.520. The molecular formula is C27H37NO. The molecule has 2 heteroatoms. The van der Waals surface area contributed by atoms with E-state index in [1.54, 1.807) is 0 Å². The molecule has 0 amide bonds. The van der Waals surface area contributed by atoms with Gasteiger partial charge in [0.25, 0.3) is 0 Å². The molecule has 0 aromatic carbocycles. The van der Waals surface area contributed by atoms with Crippen molar-refractivity contribution >= 4 is 5.57 Å². The first-order valence-electron chi connectivity index (χ1n) is 14.7. The maximum atomic E-state index is 8.30. The summed E-state index contributed by atoms with van der Waals surface area (Å²) in [6.45, 7) is -1.33. The number of aromatic nitrogens is 1. The molecule has 5 rings (SSSR count). The van der Waals surface area contributed by atoms with Gasteiger partial charge in [-0.15, -0.1) is 0 Å². The SMILES string of the molecule is [2H]C([2H])([2H])C([2H])(O[C@H]1CC[C@@]2(C)C(=CC[C@@H]3[C@@H]2CC[C@]2(C)C(c4cccnc4)=CC[C@@H]32)C1)C([2H])([2H])[2H]. The second kappa shape index (κ2) is 7.08. The molecule has 156 valence electrons. The fourth-order valence-electron chi connectivity index (χ4n) is 7.43. The Morgan fingerprint density at radius 2 is 2.00 bits per heavy atom. The second-order valence-electron chi connectivity index (χ2n) is 10.1. The Hall–Kier alpha value is -1.41. The number of hydrogen-bond acceptors (Lipinski definition) is 2. The molecule has 6 atom stereocenters. The molecule has 1 heterocycles. The highest BCUT2D eigenvalue weighted by Crippen LogP contribution is 2.66. The highest BCUT2D eigenvalue weighted by molar-refractivity contribution is 5.72. The number of nitrogens with zero attached hydrogens (tertiary/aromatic N) is 1. The molecule has 2 nitrogen and oxygen atoms in total. The van der Waals surface area contributed by atoms with E-state index in [4.69, 9.17) is 14.3 Å². The third-order valence-corrected chi connectivity index (χ3v) is 8.90. The summed E-state index contributed by atoms with van der Waals surface area (Å²) < 4.78 is 60.2. The van der Waals surface area contributed by atoms with Crippen molar-refractivity contribution in [2.75, 3.05) is 0 Å². The van der Waals surface area contributed by atoms with Crippen LogP contribution in [0.4, 0.5) is 0 Å². The molecule has 29 heavy (non-hydrogen) atoms. The Morgan fingerprint density at radius 3 is 2.79 bits per heavy atom. The van der Waals surface area contributed by atoms with Crippen LogP contribution in [0, 0.1) is 28.6 Å². The molecule has 4 aliphatic carbocycles. The Morgan fingerprint density at radius 1 is 1.14 bits per heavy atom. The number of ether oxygens (including phenoxy) is 1. The second-order valence-corrected chi connectivity index (χ2v) is 10.1. The number of fused-ring (bicyclic) bond motifs is 5. The van der Waals surface area contributed by atoms with Crippen molar-refractivity contribution in [3.63, 3.8) is 0 Å². The van der Waals surface area contributed by atoms with Crippen LogP contribution in [0.1, 0.15) is 87.7 Å². The molecule has 0 saturated heterocycles. The van der Waals surface area contributed by atoms with Crippen molar-refractivity contribution < 1.29 is 14.3 Å². The van der Waals surface area contributed by atoms with Gasteiger partial charge in [0.05, 0.1) is 13.6 Å². The van der Waals surface area contributed by atoms with E-state index in [9.17, 15) is 0 Å². The standard InChI is InChI=1S/C27H37NO/c1-18(2)29-21-11-13-26(3)20(16-21)7-8-22-24-10-9-23(19-6-5-15-28-17-19)27(24,4)14-12-25(22)26/h5-7,9,15,17-18,21-22,24-25H,8,10-14,16H2,1-4H3/t21-,22-,24-,25-,26-,27+/m0/s1/i1D3,2D3,18D. The van der Waals surface area contributed by atoms with Crippen molar-refractivity contribution in [2.45, 2.75) is 84.7 Å². The summed E-state index contributed by atoms with van der Waals surface area (Å²) in [7, 11) is 0. The fraction of sp³-hybridized carbons (Fsp3) is 0.667. The van der Waals surface area contributed by atoms with Gasteiger partial charge in [-0.1, -0.05) is 37.6 Å². The first-order valence-corrected chi connectivity index (χ1v) is 11.2. The number of hydrogen-bond donors (Lipinski definition) is 0. The van der Waals surface area contributed by atoms with E-state index in [-0.39, 0.29) is 10.8 Å². The Balaban J connectivity index is 1.36. The zero-order chi connectivity index (χ0) is 26.1. The summed E-state index contributed by atoms with van der Waals surface area (Å²) in [6, 6.07) is 4.19. The van der Waals surface area contributed by atoms with E-state index in [1.165, 1.54) is 16.7 Å². The summed E-state index contributed by atoms with van der Waals surface area (Å²) in [5, 5.41) is 0. The van der Waals surface area contributed by atoms with Crippen LogP contribution in [0.2, 0.25) is 0 Å². The summed E-state index contributed by atoms with van der Waals surface area (Å²) in [5.74, 6) is 1.71. The van der Waals surface area contributed by atoms with Crippen LogP contribution < -0.4 is 0 Å². The summed E-state index contributed by atoms with van der Waals surface area (Å²) in [6.07, 6.45) is 11.4. The maximum Gasteiger partial charge on any atom is 0.0616 e. The minimum absolute atomic E-state index is 0.00577. The molecular weight excluding hydrogens is 354 g/mol. The minimum Gasteiger partial charge on any atom is -0.375 e. The molecule has 0 unspecified atom stereocenters. The van der Waals surface area contributed by atoms with Gasteiger partial charge in [0.2, 0.25) is 0 Å². The number of pyridine rings is 1. The van der Waals surface area contributed by atoms with Crippen LogP contribution in [-0.4, -0.2) is 17.2 Å². The van der Waals surface area contributed by atoms with Crippen LogP contribution in [-0.2, 0) is 4.74 Å². The molecule has 1 aromatic rings. The zero-order valence-corrected chi connectivity index (χ0v) is 17.6. The minimum atomic E-state index is -3.06. The highest BCUT2D eigenvalue weighted by Gasteiger charge is 2.56. The monoisotopic (exact) mass is 398 g/mol. The van der Waals surface area contributed by atoms with Crippen molar-refractivity contribution in [3.05, 3.63) is 47.8 Å². The first-order chi connectivity index (χ1) is 16.7. The van der Waals surface area contributed by atoms with Crippen LogP contribution in [0.25, 0.3) is 5.57 Å². The lowest BCUT2D eigenvalue weighted by molar-refractivity contribution is -0.0525. The molecule has 4 aliphatic rings. The van der Waals surface area contributed by atoms with E-state index in [2.05, 4.69) is 37.0 Å². The van der Waals surface area contributed by atoms with E-state index >= 15 is 0 Å². The molecule has 0 bridgehead atoms. The topological polar surface area (TPSA) is 22.1 Å². The van der Waals surface area contributed by atoms with Crippen LogP contribution >= 0.6 is 0 Å². The van der Waals surface area contributed by atoms with Crippen molar-refractivity contribution in [3.8, 4) is 0 Å². The maximum absolute atomic E-state index is 8.30. The van der Waals surface area contributed by atoms with Gasteiger partial charge in [0.1, 0.15) is 0 Å². The normalized spacial score (nSPS) is 46.1. The lowest BCUT2D eigenvalue weighted by Crippen LogP contribution is -2.50. The van der Waals surface area contributed by atoms with E-state index in [0.29, 0.717) is 30.6 Å². The van der Waals surface area contributed by atoms with Gasteiger partial charge in [-0.25, -0.2) is 0 Å². The molecule has 0 radical (unpaired) electrons. The highest BCUT2D eigenvalue weighted by atomic mass is 16.5. The van der Waals surface area contributed by atoms with Gasteiger partial charge in [-0.05, 0) is 104 Å². The van der Waals surface area contributed by atoms with Crippen molar-refractivity contribution in [1.29, 1.82) is 0 Å².